The molecule has 1 rings (SSSR count). The van der Waals surface area contributed by atoms with E-state index in [1.54, 1.807) is 7.11 Å². The van der Waals surface area contributed by atoms with Crippen LogP contribution in [0.5, 0.6) is 0 Å². The van der Waals surface area contributed by atoms with Crippen molar-refractivity contribution in [2.24, 2.45) is 0 Å². The molecule has 1 N–H and O–H groups in total. The first kappa shape index (κ1) is 10.2. The fourth-order valence-electron chi connectivity index (χ4n) is 1.06. The molecule has 0 atom stereocenters. The molecule has 3 heteroatoms. The van der Waals surface area contributed by atoms with Crippen LogP contribution in [-0.4, -0.2) is 18.6 Å². The largest absolute Gasteiger partial charge is 0.378 e. The third-order valence-corrected chi connectivity index (χ3v) is 1.76. The Morgan fingerprint density at radius 1 is 1.46 bits per heavy atom. The SMILES string of the molecule is CCNCc1ccc(COC)nc1. The summed E-state index contributed by atoms with van der Waals surface area (Å²) in [6, 6.07) is 4.07. The fraction of sp³-hybridized carbons (Fsp3) is 0.500. The predicted molar refractivity (Wildman–Crippen MR) is 52.3 cm³/mol. The van der Waals surface area contributed by atoms with Gasteiger partial charge in [-0.2, -0.15) is 0 Å². The van der Waals surface area contributed by atoms with E-state index in [0.29, 0.717) is 6.61 Å². The second kappa shape index (κ2) is 5.67. The van der Waals surface area contributed by atoms with Crippen molar-refractivity contribution in [1.82, 2.24) is 10.3 Å². The lowest BCUT2D eigenvalue weighted by molar-refractivity contribution is 0.181. The molecule has 0 unspecified atom stereocenters. The molecule has 0 spiro atoms. The molecule has 0 amide bonds. The van der Waals surface area contributed by atoms with E-state index < -0.39 is 0 Å². The monoisotopic (exact) mass is 180 g/mol. The number of hydrogen-bond acceptors (Lipinski definition) is 3. The van der Waals surface area contributed by atoms with E-state index in [0.717, 1.165) is 18.8 Å². The van der Waals surface area contributed by atoms with Crippen LogP contribution in [0, 0.1) is 0 Å². The summed E-state index contributed by atoms with van der Waals surface area (Å²) in [7, 11) is 1.67. The molecule has 0 aromatic carbocycles. The molecule has 0 aliphatic heterocycles. The summed E-state index contributed by atoms with van der Waals surface area (Å²) >= 11 is 0. The second-order valence-corrected chi connectivity index (χ2v) is 2.87. The Kier molecular flexibility index (Phi) is 4.43. The van der Waals surface area contributed by atoms with Gasteiger partial charge in [0.2, 0.25) is 0 Å². The number of nitrogens with one attached hydrogen (secondary N) is 1. The van der Waals surface area contributed by atoms with Gasteiger partial charge in [-0.25, -0.2) is 0 Å². The first-order valence-electron chi connectivity index (χ1n) is 4.50. The van der Waals surface area contributed by atoms with Crippen molar-refractivity contribution >= 4 is 0 Å². The quantitative estimate of drug-likeness (QED) is 0.742. The van der Waals surface area contributed by atoms with Crippen molar-refractivity contribution in [3.63, 3.8) is 0 Å². The summed E-state index contributed by atoms with van der Waals surface area (Å²) in [5.41, 5.74) is 2.18. The summed E-state index contributed by atoms with van der Waals surface area (Å²) in [6.45, 7) is 4.55. The van der Waals surface area contributed by atoms with E-state index in [1.165, 1.54) is 5.56 Å². The van der Waals surface area contributed by atoms with E-state index in [-0.39, 0.29) is 0 Å². The lowest BCUT2D eigenvalue weighted by Crippen LogP contribution is -2.11. The lowest BCUT2D eigenvalue weighted by Gasteiger charge is -2.02. The summed E-state index contributed by atoms with van der Waals surface area (Å²) in [4.78, 5) is 4.26. The Hall–Kier alpha value is -0.930. The van der Waals surface area contributed by atoms with E-state index in [1.807, 2.05) is 12.3 Å². The molecule has 0 saturated carbocycles. The summed E-state index contributed by atoms with van der Waals surface area (Å²) in [6.07, 6.45) is 1.89. The molecular formula is C10H16N2O. The van der Waals surface area contributed by atoms with Crippen LogP contribution in [0.2, 0.25) is 0 Å². The Morgan fingerprint density at radius 2 is 2.31 bits per heavy atom. The van der Waals surface area contributed by atoms with Crippen LogP contribution in [0.25, 0.3) is 0 Å². The Bertz CT molecular complexity index is 233. The van der Waals surface area contributed by atoms with E-state index >= 15 is 0 Å². The minimum Gasteiger partial charge on any atom is -0.378 e. The molecule has 0 aliphatic carbocycles. The van der Waals surface area contributed by atoms with Crippen molar-refractivity contribution in [2.45, 2.75) is 20.1 Å². The van der Waals surface area contributed by atoms with Gasteiger partial charge < -0.3 is 10.1 Å². The molecule has 13 heavy (non-hydrogen) atoms. The normalized spacial score (nSPS) is 10.3. The smallest absolute Gasteiger partial charge is 0.0884 e. The maximum Gasteiger partial charge on any atom is 0.0884 e. The van der Waals surface area contributed by atoms with Gasteiger partial charge in [0, 0.05) is 19.9 Å². The molecule has 1 heterocycles. The molecule has 0 saturated heterocycles. The zero-order chi connectivity index (χ0) is 9.52. The number of ether oxygens (including phenoxy) is 1. The van der Waals surface area contributed by atoms with Gasteiger partial charge in [-0.3, -0.25) is 4.98 Å². The molecule has 0 bridgehead atoms. The topological polar surface area (TPSA) is 34.1 Å². The van der Waals surface area contributed by atoms with Crippen molar-refractivity contribution < 1.29 is 4.74 Å². The molecule has 1 aromatic rings. The molecule has 0 radical (unpaired) electrons. The highest BCUT2D eigenvalue weighted by molar-refractivity contribution is 5.13. The minimum absolute atomic E-state index is 0.585. The highest BCUT2D eigenvalue weighted by atomic mass is 16.5. The standard InChI is InChI=1S/C10H16N2O/c1-3-11-6-9-4-5-10(8-13-2)12-7-9/h4-5,7,11H,3,6,8H2,1-2H3. The van der Waals surface area contributed by atoms with Crippen molar-refractivity contribution in [1.29, 1.82) is 0 Å². The maximum atomic E-state index is 4.97. The van der Waals surface area contributed by atoms with Crippen LogP contribution in [0.3, 0.4) is 0 Å². The van der Waals surface area contributed by atoms with Crippen LogP contribution in [-0.2, 0) is 17.9 Å². The molecule has 0 aliphatic rings. The third-order valence-electron chi connectivity index (χ3n) is 1.76. The van der Waals surface area contributed by atoms with Gasteiger partial charge in [-0.05, 0) is 18.2 Å². The minimum atomic E-state index is 0.585. The van der Waals surface area contributed by atoms with E-state index in [4.69, 9.17) is 4.74 Å². The summed E-state index contributed by atoms with van der Waals surface area (Å²) in [5, 5.41) is 3.24. The number of aromatic nitrogens is 1. The zero-order valence-corrected chi connectivity index (χ0v) is 8.21. The van der Waals surface area contributed by atoms with E-state index in [2.05, 4.69) is 23.3 Å². The number of nitrogens with zero attached hydrogens (tertiary/aromatic N) is 1. The maximum absolute atomic E-state index is 4.97. The predicted octanol–water partition coefficient (Wildman–Crippen LogP) is 1.34. The zero-order valence-electron chi connectivity index (χ0n) is 8.21. The van der Waals surface area contributed by atoms with Crippen molar-refractivity contribution in [3.8, 4) is 0 Å². The van der Waals surface area contributed by atoms with Crippen LogP contribution in [0.15, 0.2) is 18.3 Å². The van der Waals surface area contributed by atoms with Crippen LogP contribution in [0.1, 0.15) is 18.2 Å². The highest BCUT2D eigenvalue weighted by Crippen LogP contribution is 2.00. The van der Waals surface area contributed by atoms with Crippen molar-refractivity contribution in [2.75, 3.05) is 13.7 Å². The first-order chi connectivity index (χ1) is 6.36. The Balaban J connectivity index is 2.48. The average Bonchev–Trinajstić information content (AvgIpc) is 2.17. The van der Waals surface area contributed by atoms with Gasteiger partial charge in [-0.1, -0.05) is 13.0 Å². The molecule has 0 fully saturated rings. The summed E-state index contributed by atoms with van der Waals surface area (Å²) in [5.74, 6) is 0. The van der Waals surface area contributed by atoms with Crippen molar-refractivity contribution in [3.05, 3.63) is 29.6 Å². The highest BCUT2D eigenvalue weighted by Gasteiger charge is 1.94. The number of pyridine rings is 1. The van der Waals surface area contributed by atoms with E-state index in [9.17, 15) is 0 Å². The summed E-state index contributed by atoms with van der Waals surface area (Å²) < 4.78 is 4.97. The van der Waals surface area contributed by atoms with Gasteiger partial charge in [0.15, 0.2) is 0 Å². The molecule has 1 aromatic heterocycles. The van der Waals surface area contributed by atoms with Gasteiger partial charge in [0.05, 0.1) is 12.3 Å². The fourth-order valence-corrected chi connectivity index (χ4v) is 1.06. The van der Waals surface area contributed by atoms with Gasteiger partial charge >= 0.3 is 0 Å². The third kappa shape index (κ3) is 3.53. The first-order valence-corrected chi connectivity index (χ1v) is 4.50. The van der Waals surface area contributed by atoms with Crippen LogP contribution >= 0.6 is 0 Å². The number of hydrogen-bond donors (Lipinski definition) is 1. The molecule has 72 valence electrons. The number of methoxy groups -OCH3 is 1. The van der Waals surface area contributed by atoms with Gasteiger partial charge in [0.25, 0.3) is 0 Å². The number of rotatable bonds is 5. The second-order valence-electron chi connectivity index (χ2n) is 2.87. The van der Waals surface area contributed by atoms with Crippen LogP contribution < -0.4 is 5.32 Å². The molecular weight excluding hydrogens is 164 g/mol. The average molecular weight is 180 g/mol. The van der Waals surface area contributed by atoms with Crippen LogP contribution in [0.4, 0.5) is 0 Å². The van der Waals surface area contributed by atoms with Gasteiger partial charge in [0.1, 0.15) is 0 Å². The lowest BCUT2D eigenvalue weighted by atomic mass is 10.2. The molecule has 3 nitrogen and oxygen atoms in total. The Morgan fingerprint density at radius 3 is 2.85 bits per heavy atom. The Labute approximate surface area is 79.1 Å². The van der Waals surface area contributed by atoms with Gasteiger partial charge in [-0.15, -0.1) is 0 Å².